The average molecular weight is 341 g/mol. The Balaban J connectivity index is 1.52. The molecule has 3 aromatic rings. The normalized spacial score (nSPS) is 10.6. The molecule has 3 rings (SSSR count). The van der Waals surface area contributed by atoms with E-state index in [2.05, 4.69) is 15.2 Å². The van der Waals surface area contributed by atoms with E-state index in [1.807, 2.05) is 12.1 Å². The molecular formula is C18H16FN3O3. The molecule has 0 atom stereocenters. The molecule has 0 amide bonds. The number of hydrogen-bond acceptors (Lipinski definition) is 4. The number of H-pyrrole nitrogens is 1. The second kappa shape index (κ2) is 7.57. The molecule has 7 heteroatoms. The summed E-state index contributed by atoms with van der Waals surface area (Å²) in [5.74, 6) is -0.862. The fourth-order valence-electron chi connectivity index (χ4n) is 2.38. The number of aromatic amines is 1. The van der Waals surface area contributed by atoms with Crippen molar-refractivity contribution in [3.05, 3.63) is 65.7 Å². The van der Waals surface area contributed by atoms with Gasteiger partial charge in [0.25, 0.3) is 0 Å². The van der Waals surface area contributed by atoms with Gasteiger partial charge in [0.1, 0.15) is 11.6 Å². The van der Waals surface area contributed by atoms with Crippen LogP contribution in [0, 0.1) is 5.82 Å². The topological polar surface area (TPSA) is 88.1 Å². The first-order chi connectivity index (χ1) is 12.1. The first kappa shape index (κ1) is 16.6. The minimum Gasteiger partial charge on any atom is -0.492 e. The number of nitrogens with zero attached hydrogens (tertiary/aromatic N) is 2. The van der Waals surface area contributed by atoms with E-state index in [0.29, 0.717) is 30.8 Å². The number of carboxylic acid groups (broad SMARTS) is 1. The summed E-state index contributed by atoms with van der Waals surface area (Å²) in [5, 5.41) is 15.7. The average Bonchev–Trinajstić information content (AvgIpc) is 3.15. The van der Waals surface area contributed by atoms with Gasteiger partial charge >= 0.3 is 5.97 Å². The van der Waals surface area contributed by atoms with E-state index in [1.54, 1.807) is 18.5 Å². The third-order valence-electron chi connectivity index (χ3n) is 3.66. The minimum absolute atomic E-state index is 0.0795. The van der Waals surface area contributed by atoms with Gasteiger partial charge in [-0.2, -0.15) is 5.10 Å². The van der Waals surface area contributed by atoms with Gasteiger partial charge in [0.05, 0.1) is 29.8 Å². The first-order valence-corrected chi connectivity index (χ1v) is 7.74. The van der Waals surface area contributed by atoms with Gasteiger partial charge in [0.15, 0.2) is 0 Å². The molecule has 0 fully saturated rings. The molecule has 128 valence electrons. The van der Waals surface area contributed by atoms with Crippen molar-refractivity contribution in [2.45, 2.75) is 12.8 Å². The fraction of sp³-hybridized carbons (Fsp3) is 0.167. The molecule has 0 spiro atoms. The highest BCUT2D eigenvalue weighted by Gasteiger charge is 2.08. The highest BCUT2D eigenvalue weighted by molar-refractivity contribution is 5.87. The maximum absolute atomic E-state index is 13.7. The molecule has 25 heavy (non-hydrogen) atoms. The molecule has 1 aromatic carbocycles. The van der Waals surface area contributed by atoms with Gasteiger partial charge in [0, 0.05) is 6.20 Å². The Bertz CT molecular complexity index is 849. The zero-order chi connectivity index (χ0) is 17.6. The van der Waals surface area contributed by atoms with Gasteiger partial charge in [-0.3, -0.25) is 10.1 Å². The van der Waals surface area contributed by atoms with E-state index in [1.165, 1.54) is 18.2 Å². The maximum Gasteiger partial charge on any atom is 0.335 e. The zero-order valence-electron chi connectivity index (χ0n) is 13.3. The molecular weight excluding hydrogens is 325 g/mol. The third kappa shape index (κ3) is 4.20. The van der Waals surface area contributed by atoms with E-state index in [0.717, 1.165) is 11.4 Å². The Morgan fingerprint density at radius 2 is 2.12 bits per heavy atom. The van der Waals surface area contributed by atoms with Gasteiger partial charge in [-0.1, -0.05) is 0 Å². The third-order valence-corrected chi connectivity index (χ3v) is 3.66. The Morgan fingerprint density at radius 1 is 1.24 bits per heavy atom. The predicted molar refractivity (Wildman–Crippen MR) is 89.0 cm³/mol. The number of halogens is 1. The quantitative estimate of drug-likeness (QED) is 0.644. The zero-order valence-corrected chi connectivity index (χ0v) is 13.3. The molecule has 0 aliphatic carbocycles. The van der Waals surface area contributed by atoms with Gasteiger partial charge in [-0.25, -0.2) is 9.18 Å². The lowest BCUT2D eigenvalue weighted by Gasteiger charge is -2.07. The second-order valence-corrected chi connectivity index (χ2v) is 5.41. The summed E-state index contributed by atoms with van der Waals surface area (Å²) in [6.45, 7) is 0.377. The molecule has 0 aliphatic heterocycles. The van der Waals surface area contributed by atoms with Crippen LogP contribution in [0.2, 0.25) is 0 Å². The minimum atomic E-state index is -1.07. The van der Waals surface area contributed by atoms with Gasteiger partial charge in [-0.05, 0) is 54.8 Å². The number of aryl methyl sites for hydroxylation is 1. The van der Waals surface area contributed by atoms with Crippen molar-refractivity contribution >= 4 is 5.97 Å². The smallest absolute Gasteiger partial charge is 0.335 e. The molecule has 0 bridgehead atoms. The summed E-state index contributed by atoms with van der Waals surface area (Å²) in [7, 11) is 0. The number of aromatic carboxylic acids is 1. The van der Waals surface area contributed by atoms with Crippen molar-refractivity contribution in [1.29, 1.82) is 0 Å². The van der Waals surface area contributed by atoms with Crippen LogP contribution in [0.25, 0.3) is 11.4 Å². The van der Waals surface area contributed by atoms with Crippen molar-refractivity contribution < 1.29 is 19.0 Å². The number of rotatable bonds is 7. The molecule has 2 heterocycles. The van der Waals surface area contributed by atoms with Crippen LogP contribution in [-0.4, -0.2) is 32.9 Å². The molecule has 6 nitrogen and oxygen atoms in total. The van der Waals surface area contributed by atoms with Gasteiger partial charge in [-0.15, -0.1) is 0 Å². The van der Waals surface area contributed by atoms with Gasteiger partial charge in [0.2, 0.25) is 0 Å². The Labute approximate surface area is 143 Å². The van der Waals surface area contributed by atoms with Crippen LogP contribution in [0.15, 0.2) is 48.8 Å². The van der Waals surface area contributed by atoms with E-state index in [4.69, 9.17) is 9.84 Å². The number of hydrogen-bond donors (Lipinski definition) is 2. The Kier molecular flexibility index (Phi) is 5.03. The molecule has 0 saturated carbocycles. The van der Waals surface area contributed by atoms with Crippen LogP contribution in [-0.2, 0) is 6.42 Å². The summed E-state index contributed by atoms with van der Waals surface area (Å²) in [5.41, 5.74) is 2.03. The van der Waals surface area contributed by atoms with Crippen molar-refractivity contribution in [2.75, 3.05) is 6.61 Å². The number of nitrogens with one attached hydrogen (secondary N) is 1. The van der Waals surface area contributed by atoms with E-state index >= 15 is 0 Å². The predicted octanol–water partition coefficient (Wildman–Crippen LogP) is 3.32. The van der Waals surface area contributed by atoms with Crippen LogP contribution in [0.5, 0.6) is 5.75 Å². The number of ether oxygens (including phenoxy) is 1. The molecule has 2 N–H and O–H groups in total. The summed E-state index contributed by atoms with van der Waals surface area (Å²) in [4.78, 5) is 15.2. The van der Waals surface area contributed by atoms with Crippen molar-refractivity contribution in [3.63, 3.8) is 0 Å². The Hall–Kier alpha value is -3.22. The summed E-state index contributed by atoms with van der Waals surface area (Å²) < 4.78 is 19.3. The highest BCUT2D eigenvalue weighted by Crippen LogP contribution is 2.17. The molecule has 0 saturated heterocycles. The largest absolute Gasteiger partial charge is 0.492 e. The van der Waals surface area contributed by atoms with Crippen LogP contribution in [0.4, 0.5) is 4.39 Å². The molecule has 0 radical (unpaired) electrons. The number of benzene rings is 1. The first-order valence-electron chi connectivity index (χ1n) is 7.74. The number of carbonyl (C=O) groups is 1. The number of carboxylic acids is 1. The lowest BCUT2D eigenvalue weighted by molar-refractivity contribution is 0.0696. The SMILES string of the molecule is O=C(O)c1ccc(F)c(CCCOc2ccc(-c3ccn[nH]3)nc2)c1. The molecule has 0 aliphatic rings. The van der Waals surface area contributed by atoms with Crippen LogP contribution in [0.3, 0.4) is 0 Å². The summed E-state index contributed by atoms with van der Waals surface area (Å²) in [6.07, 6.45) is 4.22. The van der Waals surface area contributed by atoms with Crippen molar-refractivity contribution in [3.8, 4) is 17.1 Å². The fourth-order valence-corrected chi connectivity index (χ4v) is 2.38. The Morgan fingerprint density at radius 3 is 2.80 bits per heavy atom. The van der Waals surface area contributed by atoms with Gasteiger partial charge < -0.3 is 9.84 Å². The van der Waals surface area contributed by atoms with Crippen LogP contribution < -0.4 is 4.74 Å². The van der Waals surface area contributed by atoms with Crippen molar-refractivity contribution in [1.82, 2.24) is 15.2 Å². The van der Waals surface area contributed by atoms with E-state index in [9.17, 15) is 9.18 Å². The maximum atomic E-state index is 13.7. The van der Waals surface area contributed by atoms with Crippen LogP contribution >= 0.6 is 0 Å². The van der Waals surface area contributed by atoms with Crippen LogP contribution in [0.1, 0.15) is 22.3 Å². The summed E-state index contributed by atoms with van der Waals surface area (Å²) >= 11 is 0. The number of aromatic nitrogens is 3. The standard InChI is InChI=1S/C18H16FN3O3/c19-15-5-3-13(18(23)24)10-12(15)2-1-9-25-14-4-6-16(20-11-14)17-7-8-21-22-17/h3-8,10-11H,1-2,9H2,(H,21,22)(H,23,24). The number of pyridine rings is 1. The lowest BCUT2D eigenvalue weighted by atomic mass is 10.1. The summed E-state index contributed by atoms with van der Waals surface area (Å²) in [6, 6.07) is 9.23. The van der Waals surface area contributed by atoms with E-state index < -0.39 is 11.8 Å². The molecule has 2 aromatic heterocycles. The lowest BCUT2D eigenvalue weighted by Crippen LogP contribution is -2.03. The molecule has 0 unspecified atom stereocenters. The van der Waals surface area contributed by atoms with Crippen molar-refractivity contribution in [2.24, 2.45) is 0 Å². The van der Waals surface area contributed by atoms with E-state index in [-0.39, 0.29) is 5.56 Å². The highest BCUT2D eigenvalue weighted by atomic mass is 19.1. The monoisotopic (exact) mass is 341 g/mol. The second-order valence-electron chi connectivity index (χ2n) is 5.41.